The Morgan fingerprint density at radius 2 is 1.74 bits per heavy atom. The molecule has 1 saturated carbocycles. The molecule has 1 aromatic carbocycles. The van der Waals surface area contributed by atoms with Crippen LogP contribution >= 0.6 is 0 Å². The van der Waals surface area contributed by atoms with Crippen molar-refractivity contribution in [2.45, 2.75) is 58.8 Å². The van der Waals surface area contributed by atoms with Gasteiger partial charge < -0.3 is 0 Å². The molecule has 1 fully saturated rings. The second-order valence-corrected chi connectivity index (χ2v) is 6.38. The number of hydrogen-bond acceptors (Lipinski definition) is 0. The van der Waals surface area contributed by atoms with Gasteiger partial charge in [-0.3, -0.25) is 0 Å². The van der Waals surface area contributed by atoms with Gasteiger partial charge in [-0.2, -0.15) is 0 Å². The van der Waals surface area contributed by atoms with Crippen molar-refractivity contribution >= 4 is 0 Å². The molecule has 19 heavy (non-hydrogen) atoms. The van der Waals surface area contributed by atoms with E-state index < -0.39 is 0 Å². The molecule has 1 heteroatoms. The Balaban J connectivity index is 1.81. The Morgan fingerprint density at radius 3 is 2.32 bits per heavy atom. The molecule has 1 aromatic rings. The third-order valence-corrected chi connectivity index (χ3v) is 4.86. The molecule has 106 valence electrons. The molecule has 0 bridgehead atoms. The van der Waals surface area contributed by atoms with Gasteiger partial charge in [-0.25, -0.2) is 4.39 Å². The van der Waals surface area contributed by atoms with Crippen LogP contribution in [0.3, 0.4) is 0 Å². The Bertz CT molecular complexity index is 360. The van der Waals surface area contributed by atoms with Gasteiger partial charge in [0.25, 0.3) is 0 Å². The summed E-state index contributed by atoms with van der Waals surface area (Å²) in [6.45, 7) is 4.66. The maximum Gasteiger partial charge on any atom is 0.123 e. The lowest BCUT2D eigenvalue weighted by Gasteiger charge is -2.32. The van der Waals surface area contributed by atoms with Crippen LogP contribution in [0.5, 0.6) is 0 Å². The fourth-order valence-electron chi connectivity index (χ4n) is 3.61. The van der Waals surface area contributed by atoms with Gasteiger partial charge in [0.15, 0.2) is 0 Å². The van der Waals surface area contributed by atoms with E-state index in [1.165, 1.54) is 44.1 Å². The van der Waals surface area contributed by atoms with E-state index in [-0.39, 0.29) is 5.82 Å². The highest BCUT2D eigenvalue weighted by molar-refractivity contribution is 5.16. The SMILES string of the molecule is CCCC1CCC(C(C)Cc2ccc(F)cc2)CC1. The zero-order chi connectivity index (χ0) is 13.7. The summed E-state index contributed by atoms with van der Waals surface area (Å²) in [5, 5.41) is 0. The maximum absolute atomic E-state index is 12.9. The molecule has 0 spiro atoms. The minimum absolute atomic E-state index is 0.128. The van der Waals surface area contributed by atoms with Crippen molar-refractivity contribution < 1.29 is 4.39 Å². The predicted octanol–water partition coefficient (Wildman–Crippen LogP) is 5.61. The normalized spacial score (nSPS) is 25.2. The van der Waals surface area contributed by atoms with Gasteiger partial charge in [-0.05, 0) is 54.7 Å². The Kier molecular flexibility index (Phi) is 5.42. The Morgan fingerprint density at radius 1 is 1.11 bits per heavy atom. The highest BCUT2D eigenvalue weighted by atomic mass is 19.1. The minimum atomic E-state index is -0.128. The van der Waals surface area contributed by atoms with Gasteiger partial charge >= 0.3 is 0 Å². The smallest absolute Gasteiger partial charge is 0.123 e. The molecule has 0 N–H and O–H groups in total. The molecule has 1 aliphatic carbocycles. The summed E-state index contributed by atoms with van der Waals surface area (Å²) in [6.07, 6.45) is 9.49. The molecular formula is C18H27F. The van der Waals surface area contributed by atoms with Crippen molar-refractivity contribution in [3.8, 4) is 0 Å². The average molecular weight is 262 g/mol. The van der Waals surface area contributed by atoms with E-state index in [1.807, 2.05) is 12.1 Å². The number of halogens is 1. The third kappa shape index (κ3) is 4.33. The second kappa shape index (κ2) is 7.07. The first kappa shape index (κ1) is 14.6. The molecule has 1 atom stereocenters. The van der Waals surface area contributed by atoms with Crippen LogP contribution in [0.2, 0.25) is 0 Å². The van der Waals surface area contributed by atoms with E-state index in [0.717, 1.165) is 24.2 Å². The summed E-state index contributed by atoms with van der Waals surface area (Å²) in [5.74, 6) is 2.46. The summed E-state index contributed by atoms with van der Waals surface area (Å²) in [6, 6.07) is 7.05. The van der Waals surface area contributed by atoms with Crippen molar-refractivity contribution in [1.82, 2.24) is 0 Å². The molecule has 1 aliphatic rings. The van der Waals surface area contributed by atoms with Crippen LogP contribution in [0.1, 0.15) is 57.9 Å². The van der Waals surface area contributed by atoms with Gasteiger partial charge in [0.2, 0.25) is 0 Å². The van der Waals surface area contributed by atoms with E-state index in [0.29, 0.717) is 0 Å². The average Bonchev–Trinajstić information content (AvgIpc) is 2.42. The van der Waals surface area contributed by atoms with Gasteiger partial charge in [-0.1, -0.05) is 51.7 Å². The van der Waals surface area contributed by atoms with Crippen molar-refractivity contribution in [3.05, 3.63) is 35.6 Å². The molecule has 2 rings (SSSR count). The Hall–Kier alpha value is -0.850. The first-order valence-corrected chi connectivity index (χ1v) is 7.93. The monoisotopic (exact) mass is 262 g/mol. The summed E-state index contributed by atoms with van der Waals surface area (Å²) in [5.41, 5.74) is 1.28. The second-order valence-electron chi connectivity index (χ2n) is 6.38. The quantitative estimate of drug-likeness (QED) is 0.647. The van der Waals surface area contributed by atoms with Crippen LogP contribution in [-0.4, -0.2) is 0 Å². The summed E-state index contributed by atoms with van der Waals surface area (Å²) < 4.78 is 12.9. The van der Waals surface area contributed by atoms with Crippen molar-refractivity contribution in [2.24, 2.45) is 17.8 Å². The third-order valence-electron chi connectivity index (χ3n) is 4.86. The van der Waals surface area contributed by atoms with Crippen LogP contribution in [0.25, 0.3) is 0 Å². The first-order valence-electron chi connectivity index (χ1n) is 7.93. The first-order chi connectivity index (χ1) is 9.19. The maximum atomic E-state index is 12.9. The minimum Gasteiger partial charge on any atom is -0.207 e. The van der Waals surface area contributed by atoms with Crippen LogP contribution in [0.4, 0.5) is 4.39 Å². The predicted molar refractivity (Wildman–Crippen MR) is 79.6 cm³/mol. The van der Waals surface area contributed by atoms with Crippen molar-refractivity contribution in [2.75, 3.05) is 0 Å². The Labute approximate surface area is 117 Å². The molecule has 0 nitrogen and oxygen atoms in total. The van der Waals surface area contributed by atoms with Crippen LogP contribution < -0.4 is 0 Å². The number of rotatable bonds is 5. The van der Waals surface area contributed by atoms with Gasteiger partial charge in [0.05, 0.1) is 0 Å². The molecular weight excluding hydrogens is 235 g/mol. The van der Waals surface area contributed by atoms with Gasteiger partial charge in [0, 0.05) is 0 Å². The topological polar surface area (TPSA) is 0 Å². The molecule has 1 unspecified atom stereocenters. The zero-order valence-corrected chi connectivity index (χ0v) is 12.4. The molecule has 0 heterocycles. The van der Waals surface area contributed by atoms with Gasteiger partial charge in [0.1, 0.15) is 5.82 Å². The van der Waals surface area contributed by atoms with Crippen LogP contribution in [-0.2, 0) is 6.42 Å². The number of hydrogen-bond donors (Lipinski definition) is 0. The largest absolute Gasteiger partial charge is 0.207 e. The molecule has 0 amide bonds. The van der Waals surface area contributed by atoms with Crippen molar-refractivity contribution in [3.63, 3.8) is 0 Å². The highest BCUT2D eigenvalue weighted by Crippen LogP contribution is 2.36. The molecule has 0 aromatic heterocycles. The van der Waals surface area contributed by atoms with E-state index in [4.69, 9.17) is 0 Å². The fraction of sp³-hybridized carbons (Fsp3) is 0.667. The highest BCUT2D eigenvalue weighted by Gasteiger charge is 2.24. The lowest BCUT2D eigenvalue weighted by Crippen LogP contribution is -2.21. The number of benzene rings is 1. The molecule has 0 radical (unpaired) electrons. The lowest BCUT2D eigenvalue weighted by molar-refractivity contribution is 0.206. The van der Waals surface area contributed by atoms with E-state index in [9.17, 15) is 4.39 Å². The fourth-order valence-corrected chi connectivity index (χ4v) is 3.61. The summed E-state index contributed by atoms with van der Waals surface area (Å²) in [4.78, 5) is 0. The van der Waals surface area contributed by atoms with Crippen molar-refractivity contribution in [1.29, 1.82) is 0 Å². The van der Waals surface area contributed by atoms with Crippen LogP contribution in [0, 0.1) is 23.6 Å². The summed E-state index contributed by atoms with van der Waals surface area (Å²) in [7, 11) is 0. The molecule has 0 aliphatic heterocycles. The lowest BCUT2D eigenvalue weighted by atomic mass is 9.74. The van der Waals surface area contributed by atoms with E-state index >= 15 is 0 Å². The molecule has 0 saturated heterocycles. The zero-order valence-electron chi connectivity index (χ0n) is 12.4. The van der Waals surface area contributed by atoms with E-state index in [2.05, 4.69) is 13.8 Å². The van der Waals surface area contributed by atoms with Crippen LogP contribution in [0.15, 0.2) is 24.3 Å². The summed E-state index contributed by atoms with van der Waals surface area (Å²) >= 11 is 0. The van der Waals surface area contributed by atoms with E-state index in [1.54, 1.807) is 12.1 Å². The van der Waals surface area contributed by atoms with Gasteiger partial charge in [-0.15, -0.1) is 0 Å². The standard InChI is InChI=1S/C18H27F/c1-3-4-15-5-9-17(10-6-15)14(2)13-16-7-11-18(19)12-8-16/h7-8,11-12,14-15,17H,3-6,9-10,13H2,1-2H3.